The molecule has 0 bridgehead atoms. The summed E-state index contributed by atoms with van der Waals surface area (Å²) in [6.07, 6.45) is 0.687. The largest absolute Gasteiger partial charge is 0.465 e. The maximum absolute atomic E-state index is 13.9. The molecule has 1 saturated heterocycles. The number of epoxide rings is 1. The lowest BCUT2D eigenvalue weighted by molar-refractivity contribution is -0.144. The van der Waals surface area contributed by atoms with Crippen molar-refractivity contribution in [3.05, 3.63) is 112 Å². The zero-order valence-corrected chi connectivity index (χ0v) is 44.6. The van der Waals surface area contributed by atoms with Crippen LogP contribution in [0.2, 0.25) is 0 Å². The molecule has 1 aliphatic heterocycles. The SMILES string of the molecule is CC(=O)OCC1(C)C=C2C(=O)[C@@H](C)C3(CC3)C(C)=C2C1OC(=O)N(C)CCN(C)C(=O)OCc1ccc(NC(=O)C(CCCN[C@@H]2OC2N)NC(=O)[C@@H](NC(=O)OCC2c3ccccc3-c3ccccc32)C(C)C)cc1. The number of rotatable bonds is 21. The Kier molecular flexibility index (Phi) is 16.7. The predicted molar refractivity (Wildman–Crippen MR) is 281 cm³/mol. The number of fused-ring (bicyclic) bond motifs is 4. The number of ketones is 1. The van der Waals surface area contributed by atoms with Crippen LogP contribution in [0.4, 0.5) is 20.1 Å². The zero-order chi connectivity index (χ0) is 54.6. The first-order chi connectivity index (χ1) is 36.2. The number of ether oxygens (including phenoxy) is 5. The Hall–Kier alpha value is -7.09. The molecule has 0 radical (unpaired) electrons. The van der Waals surface area contributed by atoms with Crippen molar-refractivity contribution in [1.82, 2.24) is 25.8 Å². The van der Waals surface area contributed by atoms with Crippen molar-refractivity contribution in [1.29, 1.82) is 0 Å². The number of esters is 1. The second-order valence-corrected chi connectivity index (χ2v) is 21.3. The summed E-state index contributed by atoms with van der Waals surface area (Å²) in [5.74, 6) is -2.24. The summed E-state index contributed by atoms with van der Waals surface area (Å²) in [6.45, 7) is 11.2. The Bertz CT molecular complexity index is 2750. The van der Waals surface area contributed by atoms with Crippen molar-refractivity contribution in [3.8, 4) is 11.1 Å². The van der Waals surface area contributed by atoms with Crippen LogP contribution in [-0.4, -0.2) is 129 Å². The first kappa shape index (κ1) is 55.2. The van der Waals surface area contributed by atoms with Gasteiger partial charge in [-0.15, -0.1) is 0 Å². The molecule has 4 aliphatic carbocycles. The Morgan fingerprint density at radius 1 is 0.842 bits per heavy atom. The topological polar surface area (TPSA) is 250 Å². The third kappa shape index (κ3) is 12.1. The number of nitrogens with two attached hydrogens (primary N) is 1. The molecule has 406 valence electrons. The normalized spacial score (nSPS) is 22.3. The van der Waals surface area contributed by atoms with Gasteiger partial charge in [0, 0.05) is 68.2 Å². The zero-order valence-electron chi connectivity index (χ0n) is 44.6. The summed E-state index contributed by atoms with van der Waals surface area (Å²) in [5.41, 5.74) is 12.1. The summed E-state index contributed by atoms with van der Waals surface area (Å²) in [4.78, 5) is 96.0. The van der Waals surface area contributed by atoms with Gasteiger partial charge in [-0.1, -0.05) is 93.1 Å². The number of carbonyl (C=O) groups is 7. The summed E-state index contributed by atoms with van der Waals surface area (Å²) in [6, 6.07) is 20.7. The van der Waals surface area contributed by atoms with Gasteiger partial charge in [0.25, 0.3) is 0 Å². The highest BCUT2D eigenvalue weighted by molar-refractivity contribution is 6.05. The van der Waals surface area contributed by atoms with Gasteiger partial charge in [-0.3, -0.25) is 24.5 Å². The molecule has 3 aromatic carbocycles. The molecule has 1 spiro atoms. The van der Waals surface area contributed by atoms with Crippen LogP contribution in [0, 0.1) is 22.7 Å². The van der Waals surface area contributed by atoms with Gasteiger partial charge in [0.15, 0.2) is 5.78 Å². The number of alkyl carbamates (subject to hydrolysis) is 1. The number of likely N-dealkylation sites (N-methyl/N-ethyl adjacent to an activating group) is 2. The lowest BCUT2D eigenvalue weighted by Crippen LogP contribution is -2.54. The lowest BCUT2D eigenvalue weighted by Gasteiger charge is -2.36. The number of Topliss-reactive ketones (excluding diaryl/α,β-unsaturated/α-hetero) is 1. The lowest BCUT2D eigenvalue weighted by atomic mass is 9.70. The number of amides is 5. The van der Waals surface area contributed by atoms with E-state index in [0.29, 0.717) is 35.4 Å². The number of hydrogen-bond donors (Lipinski definition) is 5. The fourth-order valence-corrected chi connectivity index (χ4v) is 10.7. The molecule has 19 heteroatoms. The van der Waals surface area contributed by atoms with E-state index in [0.717, 1.165) is 40.7 Å². The number of benzene rings is 3. The first-order valence-corrected chi connectivity index (χ1v) is 26.1. The fourth-order valence-electron chi connectivity index (χ4n) is 10.7. The summed E-state index contributed by atoms with van der Waals surface area (Å²) in [7, 11) is 3.10. The van der Waals surface area contributed by atoms with E-state index in [1.165, 1.54) is 16.7 Å². The molecule has 7 atom stereocenters. The Balaban J connectivity index is 0.816. The van der Waals surface area contributed by atoms with Crippen LogP contribution in [-0.2, 0) is 49.5 Å². The molecule has 3 aromatic rings. The number of anilines is 1. The van der Waals surface area contributed by atoms with Gasteiger partial charge in [-0.25, -0.2) is 14.4 Å². The number of nitrogens with one attached hydrogen (secondary N) is 4. The van der Waals surface area contributed by atoms with Gasteiger partial charge in [0.05, 0.1) is 5.41 Å². The van der Waals surface area contributed by atoms with E-state index in [4.69, 9.17) is 29.4 Å². The Morgan fingerprint density at radius 3 is 2.05 bits per heavy atom. The van der Waals surface area contributed by atoms with E-state index in [1.807, 2.05) is 69.3 Å². The van der Waals surface area contributed by atoms with Crippen molar-refractivity contribution in [3.63, 3.8) is 0 Å². The number of allylic oxidation sites excluding steroid dienone is 1. The third-order valence-corrected chi connectivity index (χ3v) is 15.6. The quantitative estimate of drug-likeness (QED) is 0.0330. The molecule has 5 aliphatic rings. The van der Waals surface area contributed by atoms with Crippen LogP contribution in [0.3, 0.4) is 0 Å². The molecule has 19 nitrogen and oxygen atoms in total. The van der Waals surface area contributed by atoms with Crippen molar-refractivity contribution < 1.29 is 57.2 Å². The van der Waals surface area contributed by atoms with Crippen molar-refractivity contribution in [2.24, 2.45) is 28.4 Å². The van der Waals surface area contributed by atoms with E-state index >= 15 is 0 Å². The van der Waals surface area contributed by atoms with E-state index in [2.05, 4.69) is 21.3 Å². The van der Waals surface area contributed by atoms with Gasteiger partial charge in [0.2, 0.25) is 11.8 Å². The fraction of sp³-hybridized carbons (Fsp3) is 0.491. The molecule has 0 aromatic heterocycles. The smallest absolute Gasteiger partial charge is 0.410 e. The average Bonchev–Trinajstić information content (AvgIpc) is 4.30. The van der Waals surface area contributed by atoms with Gasteiger partial charge < -0.3 is 55.2 Å². The van der Waals surface area contributed by atoms with E-state index in [-0.39, 0.29) is 74.5 Å². The highest BCUT2D eigenvalue weighted by Crippen LogP contribution is 2.64. The number of hydrogen-bond acceptors (Lipinski definition) is 14. The van der Waals surface area contributed by atoms with Gasteiger partial charge in [-0.2, -0.15) is 0 Å². The van der Waals surface area contributed by atoms with Crippen LogP contribution in [0.25, 0.3) is 11.1 Å². The molecule has 1 saturated carbocycles. The van der Waals surface area contributed by atoms with Gasteiger partial charge in [-0.05, 0) is 91.9 Å². The summed E-state index contributed by atoms with van der Waals surface area (Å²) in [5, 5.41) is 11.6. The summed E-state index contributed by atoms with van der Waals surface area (Å²) < 4.78 is 28.1. The average molecular weight is 1050 g/mol. The second-order valence-electron chi connectivity index (χ2n) is 21.3. The third-order valence-electron chi connectivity index (χ3n) is 15.6. The minimum atomic E-state index is -1.02. The monoisotopic (exact) mass is 1050 g/mol. The van der Waals surface area contributed by atoms with E-state index < -0.39 is 65.9 Å². The highest BCUT2D eigenvalue weighted by atomic mass is 16.6. The molecule has 76 heavy (non-hydrogen) atoms. The van der Waals surface area contributed by atoms with E-state index in [1.54, 1.807) is 58.3 Å². The number of nitrogens with zero attached hydrogens (tertiary/aromatic N) is 2. The standard InChI is InChI=1S/C57H71N7O12/c1-32(2)46(62-53(69)72-30-43-40-16-11-9-14-38(40)39-15-10-12-17-41(39)43)51(68)61-44(18-13-25-59-52-49(58)76-52)50(67)60-37-21-19-36(20-22-37)29-73-54(70)63(7)26-27-64(8)55(71)75-48-45-33(3)57(23-24-57)34(4)47(66)42(45)28-56(48,6)31-74-35(5)65/h9-12,14-17,19-22,28,32,34,43-44,46,48-49,52,59H,13,18,23-27,29-31,58H2,1-8H3,(H,60,67)(H,61,68)(H,62,69)/t34-,44?,46+,48?,49?,52-,56?/m1/s1. The Morgan fingerprint density at radius 2 is 1.46 bits per heavy atom. The first-order valence-electron chi connectivity index (χ1n) is 26.1. The summed E-state index contributed by atoms with van der Waals surface area (Å²) >= 11 is 0. The second kappa shape index (κ2) is 23.0. The molecule has 2 fully saturated rings. The van der Waals surface area contributed by atoms with Crippen LogP contribution in [0.15, 0.2) is 95.6 Å². The van der Waals surface area contributed by atoms with Crippen molar-refractivity contribution in [2.75, 3.05) is 52.3 Å². The maximum Gasteiger partial charge on any atom is 0.410 e. The van der Waals surface area contributed by atoms with Crippen LogP contribution in [0.1, 0.15) is 89.8 Å². The molecule has 6 N–H and O–H groups in total. The van der Waals surface area contributed by atoms with Crippen LogP contribution >= 0.6 is 0 Å². The maximum atomic E-state index is 13.9. The minimum Gasteiger partial charge on any atom is -0.465 e. The minimum absolute atomic E-state index is 0.000795. The Labute approximate surface area is 443 Å². The molecule has 1 heterocycles. The highest BCUT2D eigenvalue weighted by Gasteiger charge is 2.60. The van der Waals surface area contributed by atoms with Crippen molar-refractivity contribution in [2.45, 2.75) is 110 Å². The molecular weight excluding hydrogens is 975 g/mol. The molecule has 5 amide bonds. The van der Waals surface area contributed by atoms with Crippen molar-refractivity contribution >= 4 is 47.5 Å². The molecular formula is C57H71N7O12. The molecule has 8 rings (SSSR count). The predicted octanol–water partition coefficient (Wildman–Crippen LogP) is 6.51. The molecule has 4 unspecified atom stereocenters. The van der Waals surface area contributed by atoms with Crippen LogP contribution < -0.4 is 27.0 Å². The van der Waals surface area contributed by atoms with Crippen LogP contribution in [0.5, 0.6) is 0 Å². The number of carbonyl (C=O) groups excluding carboxylic acids is 7. The van der Waals surface area contributed by atoms with Gasteiger partial charge >= 0.3 is 24.2 Å². The van der Waals surface area contributed by atoms with E-state index in [9.17, 15) is 33.6 Å². The van der Waals surface area contributed by atoms with Gasteiger partial charge in [0.1, 0.15) is 50.5 Å².